The lowest BCUT2D eigenvalue weighted by Gasteiger charge is -2.26. The number of nitrogens with one attached hydrogen (secondary N) is 2. The zero-order valence-electron chi connectivity index (χ0n) is 18.2. The van der Waals surface area contributed by atoms with Crippen LogP contribution in [0.4, 0.5) is 5.69 Å². The van der Waals surface area contributed by atoms with Crippen molar-refractivity contribution >= 4 is 17.6 Å². The van der Waals surface area contributed by atoms with E-state index in [1.54, 1.807) is 7.05 Å². The summed E-state index contributed by atoms with van der Waals surface area (Å²) in [5.41, 5.74) is 2.15. The van der Waals surface area contributed by atoms with E-state index in [1.165, 1.54) is 0 Å². The van der Waals surface area contributed by atoms with Crippen molar-refractivity contribution in [3.05, 3.63) is 29.8 Å². The van der Waals surface area contributed by atoms with E-state index in [4.69, 9.17) is 9.47 Å². The lowest BCUT2D eigenvalue weighted by Crippen LogP contribution is -2.37. The summed E-state index contributed by atoms with van der Waals surface area (Å²) in [6, 6.07) is 8.21. The molecule has 2 N–H and O–H groups in total. The molecule has 0 spiro atoms. The molecule has 7 nitrogen and oxygen atoms in total. The summed E-state index contributed by atoms with van der Waals surface area (Å²) in [5, 5.41) is 6.67. The SMILES string of the molecule is CN=C(NCCCOCC1CCOCC1)NCc1ccc(N2CCCCC2=O)cc1. The Hall–Kier alpha value is -2.12. The van der Waals surface area contributed by atoms with Crippen LogP contribution in [0.5, 0.6) is 0 Å². The van der Waals surface area contributed by atoms with Crippen LogP contribution in [0, 0.1) is 5.92 Å². The van der Waals surface area contributed by atoms with Gasteiger partial charge < -0.3 is 25.0 Å². The maximum absolute atomic E-state index is 12.1. The summed E-state index contributed by atoms with van der Waals surface area (Å²) in [6.07, 6.45) is 5.92. The van der Waals surface area contributed by atoms with Crippen molar-refractivity contribution in [1.82, 2.24) is 10.6 Å². The number of guanidine groups is 1. The second-order valence-electron chi connectivity index (χ2n) is 8.01. The predicted molar refractivity (Wildman–Crippen MR) is 120 cm³/mol. The molecule has 166 valence electrons. The second kappa shape index (κ2) is 12.5. The number of anilines is 1. The van der Waals surface area contributed by atoms with Crippen LogP contribution >= 0.6 is 0 Å². The molecule has 2 aliphatic heterocycles. The lowest BCUT2D eigenvalue weighted by atomic mass is 10.0. The molecule has 2 heterocycles. The van der Waals surface area contributed by atoms with Crippen molar-refractivity contribution in [3.8, 4) is 0 Å². The van der Waals surface area contributed by atoms with Crippen molar-refractivity contribution in [1.29, 1.82) is 0 Å². The Labute approximate surface area is 180 Å². The summed E-state index contributed by atoms with van der Waals surface area (Å²) in [7, 11) is 1.78. The highest BCUT2D eigenvalue weighted by Gasteiger charge is 2.19. The van der Waals surface area contributed by atoms with E-state index in [1.807, 2.05) is 17.0 Å². The van der Waals surface area contributed by atoms with Gasteiger partial charge in [-0.2, -0.15) is 0 Å². The fourth-order valence-corrected chi connectivity index (χ4v) is 3.82. The van der Waals surface area contributed by atoms with Crippen molar-refractivity contribution in [3.63, 3.8) is 0 Å². The number of piperidine rings is 1. The van der Waals surface area contributed by atoms with Crippen molar-refractivity contribution in [2.24, 2.45) is 10.9 Å². The van der Waals surface area contributed by atoms with Crippen molar-refractivity contribution in [2.75, 3.05) is 51.5 Å². The molecule has 0 atom stereocenters. The molecule has 1 aromatic rings. The van der Waals surface area contributed by atoms with Gasteiger partial charge in [-0.3, -0.25) is 9.79 Å². The van der Waals surface area contributed by atoms with E-state index in [0.717, 1.165) is 88.8 Å². The largest absolute Gasteiger partial charge is 0.381 e. The number of nitrogens with zero attached hydrogens (tertiary/aromatic N) is 2. The van der Waals surface area contributed by atoms with Gasteiger partial charge in [-0.25, -0.2) is 0 Å². The number of benzene rings is 1. The molecule has 0 aromatic heterocycles. The summed E-state index contributed by atoms with van der Waals surface area (Å²) in [6.45, 7) is 5.68. The van der Waals surface area contributed by atoms with E-state index in [2.05, 4.69) is 27.8 Å². The third kappa shape index (κ3) is 7.29. The Morgan fingerprint density at radius 1 is 1.20 bits per heavy atom. The first-order chi connectivity index (χ1) is 14.8. The minimum Gasteiger partial charge on any atom is -0.381 e. The summed E-state index contributed by atoms with van der Waals surface area (Å²) in [4.78, 5) is 18.2. The van der Waals surface area contributed by atoms with Gasteiger partial charge >= 0.3 is 0 Å². The van der Waals surface area contributed by atoms with Gasteiger partial charge in [0.15, 0.2) is 5.96 Å². The molecule has 2 aliphatic rings. The van der Waals surface area contributed by atoms with Crippen molar-refractivity contribution < 1.29 is 14.3 Å². The molecular weight excluding hydrogens is 380 g/mol. The third-order valence-corrected chi connectivity index (χ3v) is 5.71. The quantitative estimate of drug-likeness (QED) is 0.368. The molecule has 0 radical (unpaired) electrons. The van der Waals surface area contributed by atoms with Crippen LogP contribution in [0.2, 0.25) is 0 Å². The Bertz CT molecular complexity index is 672. The Balaban J connectivity index is 1.30. The van der Waals surface area contributed by atoms with Crippen molar-refractivity contribution in [2.45, 2.75) is 45.1 Å². The van der Waals surface area contributed by atoms with Crippen LogP contribution in [0.25, 0.3) is 0 Å². The van der Waals surface area contributed by atoms with Gasteiger partial charge in [-0.05, 0) is 55.7 Å². The lowest BCUT2D eigenvalue weighted by molar-refractivity contribution is -0.119. The summed E-state index contributed by atoms with van der Waals surface area (Å²) in [5.74, 6) is 1.67. The highest BCUT2D eigenvalue weighted by Crippen LogP contribution is 2.21. The average molecular weight is 417 g/mol. The standard InChI is InChI=1S/C23H36N4O3/c1-24-23(25-12-4-14-30-18-20-10-15-29-16-11-20)26-17-19-6-8-21(9-7-19)27-13-3-2-5-22(27)28/h6-9,20H,2-5,10-18H2,1H3,(H2,24,25,26). The molecule has 7 heteroatoms. The molecule has 30 heavy (non-hydrogen) atoms. The highest BCUT2D eigenvalue weighted by atomic mass is 16.5. The van der Waals surface area contributed by atoms with Crippen LogP contribution < -0.4 is 15.5 Å². The maximum atomic E-state index is 12.1. The normalized spacial score (nSPS) is 18.5. The van der Waals surface area contributed by atoms with Crippen LogP contribution in [0.1, 0.15) is 44.1 Å². The number of rotatable bonds is 9. The van der Waals surface area contributed by atoms with Crippen LogP contribution in [0.3, 0.4) is 0 Å². The van der Waals surface area contributed by atoms with Gasteiger partial charge in [0, 0.05) is 65.2 Å². The zero-order chi connectivity index (χ0) is 21.0. The molecule has 0 unspecified atom stereocenters. The molecule has 0 saturated carbocycles. The average Bonchev–Trinajstić information content (AvgIpc) is 2.79. The highest BCUT2D eigenvalue weighted by molar-refractivity contribution is 5.93. The van der Waals surface area contributed by atoms with E-state index in [9.17, 15) is 4.79 Å². The first-order valence-corrected chi connectivity index (χ1v) is 11.3. The summed E-state index contributed by atoms with van der Waals surface area (Å²) >= 11 is 0. The smallest absolute Gasteiger partial charge is 0.226 e. The van der Waals surface area contributed by atoms with E-state index in [-0.39, 0.29) is 5.91 Å². The van der Waals surface area contributed by atoms with E-state index in [0.29, 0.717) is 18.9 Å². The van der Waals surface area contributed by atoms with E-state index >= 15 is 0 Å². The van der Waals surface area contributed by atoms with Gasteiger partial charge in [0.05, 0.1) is 0 Å². The fourth-order valence-electron chi connectivity index (χ4n) is 3.82. The molecule has 1 aromatic carbocycles. The first-order valence-electron chi connectivity index (χ1n) is 11.3. The third-order valence-electron chi connectivity index (χ3n) is 5.71. The second-order valence-corrected chi connectivity index (χ2v) is 8.01. The molecule has 2 fully saturated rings. The number of hydrogen-bond donors (Lipinski definition) is 2. The van der Waals surface area contributed by atoms with Gasteiger partial charge in [0.1, 0.15) is 0 Å². The molecule has 0 bridgehead atoms. The topological polar surface area (TPSA) is 75.2 Å². The Morgan fingerprint density at radius 3 is 2.73 bits per heavy atom. The molecule has 3 rings (SSSR count). The predicted octanol–water partition coefficient (Wildman–Crippen LogP) is 2.70. The number of carbonyl (C=O) groups excluding carboxylic acids is 1. The number of ether oxygens (including phenoxy) is 2. The zero-order valence-corrected chi connectivity index (χ0v) is 18.2. The van der Waals surface area contributed by atoms with Gasteiger partial charge in [-0.1, -0.05) is 12.1 Å². The van der Waals surface area contributed by atoms with Gasteiger partial charge in [0.25, 0.3) is 0 Å². The maximum Gasteiger partial charge on any atom is 0.226 e. The van der Waals surface area contributed by atoms with Gasteiger partial charge in [0.2, 0.25) is 5.91 Å². The van der Waals surface area contributed by atoms with Gasteiger partial charge in [-0.15, -0.1) is 0 Å². The Morgan fingerprint density at radius 2 is 2.00 bits per heavy atom. The molecular formula is C23H36N4O3. The van der Waals surface area contributed by atoms with Crippen LogP contribution in [-0.2, 0) is 20.8 Å². The minimum atomic E-state index is 0.230. The monoisotopic (exact) mass is 416 g/mol. The Kier molecular flexibility index (Phi) is 9.44. The fraction of sp³-hybridized carbons (Fsp3) is 0.652. The van der Waals surface area contributed by atoms with Crippen LogP contribution in [0.15, 0.2) is 29.3 Å². The van der Waals surface area contributed by atoms with Crippen LogP contribution in [-0.4, -0.2) is 58.4 Å². The molecule has 0 aliphatic carbocycles. The number of hydrogen-bond acceptors (Lipinski definition) is 4. The van der Waals surface area contributed by atoms with E-state index < -0.39 is 0 Å². The summed E-state index contributed by atoms with van der Waals surface area (Å²) < 4.78 is 11.2. The first kappa shape index (κ1) is 22.6. The molecule has 1 amide bonds. The molecule has 2 saturated heterocycles. The number of aliphatic imine (C=N–C) groups is 1. The number of carbonyl (C=O) groups is 1. The number of amides is 1. The minimum absolute atomic E-state index is 0.230.